The number of rotatable bonds is 6. The van der Waals surface area contributed by atoms with Crippen molar-refractivity contribution in [1.82, 2.24) is 5.32 Å². The molecule has 0 spiro atoms. The van der Waals surface area contributed by atoms with E-state index in [-0.39, 0.29) is 34.4 Å². The monoisotopic (exact) mass is 557 g/mol. The Kier molecular flexibility index (Phi) is 7.19. The minimum Gasteiger partial charge on any atom is -0.507 e. The van der Waals surface area contributed by atoms with Crippen molar-refractivity contribution in [1.29, 1.82) is 0 Å². The molecule has 0 unspecified atom stereocenters. The largest absolute Gasteiger partial charge is 0.507 e. The highest BCUT2D eigenvalue weighted by Crippen LogP contribution is 2.52. The zero-order chi connectivity index (χ0) is 29.1. The third kappa shape index (κ3) is 4.19. The van der Waals surface area contributed by atoms with Crippen molar-refractivity contribution < 1.29 is 54.1 Å². The van der Waals surface area contributed by atoms with E-state index in [9.17, 15) is 39.9 Å². The highest BCUT2D eigenvalue weighted by atomic mass is 16.7. The van der Waals surface area contributed by atoms with Gasteiger partial charge in [-0.15, -0.1) is 0 Å². The first-order chi connectivity index (χ1) is 19.0. The molecule has 1 aliphatic heterocycles. The van der Waals surface area contributed by atoms with Gasteiger partial charge in [-0.1, -0.05) is 12.1 Å². The molecule has 40 heavy (non-hydrogen) atoms. The summed E-state index contributed by atoms with van der Waals surface area (Å²) >= 11 is 0. The summed E-state index contributed by atoms with van der Waals surface area (Å²) in [5.74, 6) is -3.69. The average Bonchev–Trinajstić information content (AvgIpc) is 2.94. The predicted molar refractivity (Wildman–Crippen MR) is 137 cm³/mol. The van der Waals surface area contributed by atoms with Crippen molar-refractivity contribution >= 4 is 17.3 Å². The van der Waals surface area contributed by atoms with Crippen LogP contribution >= 0.6 is 0 Å². The second-order valence-electron chi connectivity index (χ2n) is 10.4. The fourth-order valence-corrected chi connectivity index (χ4v) is 6.00. The molecule has 2 aromatic carbocycles. The second-order valence-corrected chi connectivity index (χ2v) is 10.4. The number of nitrogens with one attached hydrogen (secondary N) is 1. The van der Waals surface area contributed by atoms with E-state index in [0.717, 1.165) is 0 Å². The molecule has 12 heteroatoms. The predicted octanol–water partition coefficient (Wildman–Crippen LogP) is 0.262. The van der Waals surface area contributed by atoms with E-state index in [4.69, 9.17) is 14.2 Å². The number of methoxy groups -OCH3 is 1. The Morgan fingerprint density at radius 1 is 1.15 bits per heavy atom. The van der Waals surface area contributed by atoms with Crippen LogP contribution in [-0.2, 0) is 20.7 Å². The van der Waals surface area contributed by atoms with Crippen molar-refractivity contribution in [2.24, 2.45) is 0 Å². The molecule has 2 aromatic rings. The lowest BCUT2D eigenvalue weighted by Gasteiger charge is -2.42. The van der Waals surface area contributed by atoms with Gasteiger partial charge in [0, 0.05) is 42.0 Å². The Hall–Kier alpha value is -3.39. The highest BCUT2D eigenvalue weighted by molar-refractivity contribution is 6.31. The second kappa shape index (κ2) is 10.2. The summed E-state index contributed by atoms with van der Waals surface area (Å²) in [6.07, 6.45) is -4.66. The van der Waals surface area contributed by atoms with Crippen molar-refractivity contribution in [2.75, 3.05) is 20.8 Å². The number of phenols is 2. The van der Waals surface area contributed by atoms with Crippen LogP contribution in [-0.4, -0.2) is 93.8 Å². The van der Waals surface area contributed by atoms with Crippen molar-refractivity contribution in [3.05, 3.63) is 51.6 Å². The average molecular weight is 558 g/mol. The number of hydrogen-bond acceptors (Lipinski definition) is 12. The molecule has 0 saturated carbocycles. The number of Topliss-reactive ketones (excluding diaryl/α,β-unsaturated/α-hetero) is 1. The van der Waals surface area contributed by atoms with Gasteiger partial charge in [-0.2, -0.15) is 0 Å². The van der Waals surface area contributed by atoms with Gasteiger partial charge in [0.25, 0.3) is 0 Å². The van der Waals surface area contributed by atoms with Gasteiger partial charge in [0.2, 0.25) is 5.78 Å². The van der Waals surface area contributed by atoms with Crippen LogP contribution in [0.3, 0.4) is 0 Å². The standard InChI is InChI=1S/C28H31NO11/c1-11-23(32)14(29-2)7-18(39-11)40-16-9-28(37,17(31)10-30)8-13-20(16)27(36)22-21(25(13)34)24(33)12-5-4-6-15(38-3)19(12)26(22)35/h4-6,11,14,16,18,23,29-30,32,34,36-37H,7-10H2,1-3H3/t11-,14-,16-,18-,23+,28-/m0/s1. The Morgan fingerprint density at radius 2 is 1.85 bits per heavy atom. The van der Waals surface area contributed by atoms with E-state index >= 15 is 0 Å². The maximum atomic E-state index is 13.7. The highest BCUT2D eigenvalue weighted by Gasteiger charge is 2.50. The molecule has 3 aliphatic rings. The van der Waals surface area contributed by atoms with Crippen molar-refractivity contribution in [3.8, 4) is 17.2 Å². The van der Waals surface area contributed by atoms with Crippen LogP contribution in [0.25, 0.3) is 0 Å². The first kappa shape index (κ1) is 28.1. The number of aliphatic hydroxyl groups excluding tert-OH is 2. The summed E-state index contributed by atoms with van der Waals surface area (Å²) in [6.45, 7) is 0.631. The Morgan fingerprint density at radius 3 is 2.50 bits per heavy atom. The lowest BCUT2D eigenvalue weighted by Crippen LogP contribution is -2.53. The molecule has 0 bridgehead atoms. The van der Waals surface area contributed by atoms with Gasteiger partial charge >= 0.3 is 0 Å². The first-order valence-electron chi connectivity index (χ1n) is 12.9. The number of benzene rings is 2. The van der Waals surface area contributed by atoms with Crippen LogP contribution in [0.5, 0.6) is 17.2 Å². The van der Waals surface area contributed by atoms with Crippen LogP contribution in [0.15, 0.2) is 18.2 Å². The Balaban J connectivity index is 1.68. The molecule has 0 aromatic heterocycles. The number of hydrogen-bond donors (Lipinski definition) is 6. The number of aromatic hydroxyl groups is 2. The Bertz CT molecular complexity index is 1410. The molecule has 0 amide bonds. The fourth-order valence-electron chi connectivity index (χ4n) is 6.00. The number of phenolic OH excluding ortho intramolecular Hbond substituents is 2. The van der Waals surface area contributed by atoms with Crippen LogP contribution < -0.4 is 10.1 Å². The summed E-state index contributed by atoms with van der Waals surface area (Å²) in [6, 6.07) is 3.96. The number of likely N-dealkylation sites (N-methyl/N-ethyl adjacent to an activating group) is 1. The molecule has 6 atom stereocenters. The lowest BCUT2D eigenvalue weighted by atomic mass is 9.72. The van der Waals surface area contributed by atoms with E-state index < -0.39 is 95.7 Å². The zero-order valence-corrected chi connectivity index (χ0v) is 22.1. The van der Waals surface area contributed by atoms with Crippen LogP contribution in [0.1, 0.15) is 68.8 Å². The summed E-state index contributed by atoms with van der Waals surface area (Å²) in [5, 5.41) is 57.1. The third-order valence-corrected chi connectivity index (χ3v) is 8.13. The van der Waals surface area contributed by atoms with Crippen molar-refractivity contribution in [3.63, 3.8) is 0 Å². The molecular formula is C28H31NO11. The Labute approximate surface area is 229 Å². The molecule has 12 nitrogen and oxygen atoms in total. The normalized spacial score (nSPS) is 29.4. The first-order valence-corrected chi connectivity index (χ1v) is 12.9. The van der Waals surface area contributed by atoms with Gasteiger partial charge in [0.1, 0.15) is 29.5 Å². The van der Waals surface area contributed by atoms with E-state index in [1.807, 2.05) is 0 Å². The molecular weight excluding hydrogens is 526 g/mol. The molecule has 5 rings (SSSR count). The quantitative estimate of drug-likeness (QED) is 0.227. The molecule has 0 radical (unpaired) electrons. The molecule has 2 aliphatic carbocycles. The number of ketones is 3. The third-order valence-electron chi connectivity index (χ3n) is 8.13. The van der Waals surface area contributed by atoms with Gasteiger partial charge < -0.3 is 45.1 Å². The van der Waals surface area contributed by atoms with E-state index in [1.165, 1.54) is 25.3 Å². The van der Waals surface area contributed by atoms with Gasteiger partial charge in [-0.25, -0.2) is 0 Å². The summed E-state index contributed by atoms with van der Waals surface area (Å²) in [5.41, 5.74) is -3.52. The van der Waals surface area contributed by atoms with E-state index in [0.29, 0.717) is 0 Å². The van der Waals surface area contributed by atoms with Gasteiger partial charge in [-0.05, 0) is 20.0 Å². The molecule has 1 fully saturated rings. The van der Waals surface area contributed by atoms with Gasteiger partial charge in [0.05, 0.1) is 42.1 Å². The van der Waals surface area contributed by atoms with Crippen LogP contribution in [0.4, 0.5) is 0 Å². The fraction of sp³-hybridized carbons (Fsp3) is 0.464. The van der Waals surface area contributed by atoms with Gasteiger partial charge in [0.15, 0.2) is 17.9 Å². The lowest BCUT2D eigenvalue weighted by molar-refractivity contribution is -0.249. The SMILES string of the molecule is CN[C@H]1C[C@H](O[C@H]2C[C@](O)(C(=O)CO)Cc3c(O)c4c(c(O)c32)C(=O)c2c(OC)cccc2C4=O)O[C@@H](C)[C@H]1O. The minimum absolute atomic E-state index is 0.0435. The van der Waals surface area contributed by atoms with E-state index in [1.54, 1.807) is 14.0 Å². The molecule has 1 heterocycles. The van der Waals surface area contributed by atoms with Crippen LogP contribution in [0.2, 0.25) is 0 Å². The summed E-state index contributed by atoms with van der Waals surface area (Å²) in [4.78, 5) is 39.9. The van der Waals surface area contributed by atoms with Crippen molar-refractivity contribution in [2.45, 2.75) is 62.4 Å². The molecule has 214 valence electrons. The summed E-state index contributed by atoms with van der Waals surface area (Å²) in [7, 11) is 2.99. The number of fused-ring (bicyclic) bond motifs is 3. The zero-order valence-electron chi connectivity index (χ0n) is 22.1. The van der Waals surface area contributed by atoms with E-state index in [2.05, 4.69) is 5.32 Å². The molecule has 6 N–H and O–H groups in total. The smallest absolute Gasteiger partial charge is 0.202 e. The summed E-state index contributed by atoms with van der Waals surface area (Å²) < 4.78 is 17.2. The number of aliphatic hydroxyl groups is 3. The maximum absolute atomic E-state index is 13.7. The number of ether oxygens (including phenoxy) is 3. The number of carbonyl (C=O) groups excluding carboxylic acids is 3. The maximum Gasteiger partial charge on any atom is 0.202 e. The van der Waals surface area contributed by atoms with Crippen LogP contribution in [0, 0.1) is 0 Å². The van der Waals surface area contributed by atoms with Gasteiger partial charge in [-0.3, -0.25) is 14.4 Å². The topological polar surface area (TPSA) is 192 Å². The molecule has 1 saturated heterocycles. The minimum atomic E-state index is -2.23. The number of carbonyl (C=O) groups is 3.